The van der Waals surface area contributed by atoms with Gasteiger partial charge in [0.1, 0.15) is 0 Å². The van der Waals surface area contributed by atoms with Crippen molar-refractivity contribution in [1.29, 1.82) is 0 Å². The van der Waals surface area contributed by atoms with Crippen LogP contribution in [0, 0.1) is 0 Å². The Bertz CT molecular complexity index is 979. The number of thiazole rings is 2. The third kappa shape index (κ3) is 4.46. The van der Waals surface area contributed by atoms with Crippen molar-refractivity contribution >= 4 is 60.7 Å². The van der Waals surface area contributed by atoms with E-state index in [4.69, 9.17) is 0 Å². The molecule has 1 fully saturated rings. The fraction of sp³-hybridized carbons (Fsp3) is 0.333. The number of anilines is 3. The first-order valence-corrected chi connectivity index (χ1v) is 10.6. The van der Waals surface area contributed by atoms with Gasteiger partial charge < -0.3 is 15.5 Å². The maximum Gasteiger partial charge on any atom is 0.240 e. The molecule has 1 aromatic carbocycles. The fourth-order valence-corrected chi connectivity index (χ4v) is 4.71. The Morgan fingerprint density at radius 3 is 2.71 bits per heavy atom. The van der Waals surface area contributed by atoms with E-state index in [9.17, 15) is 9.59 Å². The van der Waals surface area contributed by atoms with Crippen LogP contribution in [0.5, 0.6) is 0 Å². The highest BCUT2D eigenvalue weighted by Crippen LogP contribution is 2.28. The van der Waals surface area contributed by atoms with E-state index < -0.39 is 0 Å². The molecule has 0 radical (unpaired) electrons. The van der Waals surface area contributed by atoms with Crippen molar-refractivity contribution in [3.8, 4) is 0 Å². The average molecular weight is 417 g/mol. The van der Waals surface area contributed by atoms with E-state index in [1.54, 1.807) is 17.4 Å². The molecule has 0 atom stereocenters. The molecular formula is C18H20N6O2S2. The van der Waals surface area contributed by atoms with Gasteiger partial charge in [-0.1, -0.05) is 11.3 Å². The van der Waals surface area contributed by atoms with Gasteiger partial charge in [-0.25, -0.2) is 9.97 Å². The summed E-state index contributed by atoms with van der Waals surface area (Å²) in [4.78, 5) is 36.8. The second-order valence-corrected chi connectivity index (χ2v) is 8.41. The van der Waals surface area contributed by atoms with E-state index in [1.165, 1.54) is 18.3 Å². The first-order chi connectivity index (χ1) is 13.6. The van der Waals surface area contributed by atoms with Crippen molar-refractivity contribution in [2.24, 2.45) is 0 Å². The maximum absolute atomic E-state index is 12.4. The van der Waals surface area contributed by atoms with Gasteiger partial charge in [0, 0.05) is 50.4 Å². The van der Waals surface area contributed by atoms with Gasteiger partial charge in [-0.3, -0.25) is 14.5 Å². The fourth-order valence-electron chi connectivity index (χ4n) is 3.09. The molecule has 2 N–H and O–H groups in total. The number of aromatic nitrogens is 2. The zero-order valence-electron chi connectivity index (χ0n) is 15.3. The molecule has 10 heteroatoms. The van der Waals surface area contributed by atoms with Gasteiger partial charge in [0.05, 0.1) is 16.8 Å². The number of hydrogen-bond acceptors (Lipinski definition) is 8. The predicted molar refractivity (Wildman–Crippen MR) is 113 cm³/mol. The summed E-state index contributed by atoms with van der Waals surface area (Å²) in [5.74, 6) is -0.184. The quantitative estimate of drug-likeness (QED) is 0.664. The molecular weight excluding hydrogens is 396 g/mol. The van der Waals surface area contributed by atoms with Crippen LogP contribution in [0.15, 0.2) is 29.8 Å². The summed E-state index contributed by atoms with van der Waals surface area (Å²) in [7, 11) is 0. The largest absolute Gasteiger partial charge is 0.346 e. The van der Waals surface area contributed by atoms with Crippen molar-refractivity contribution in [3.05, 3.63) is 29.8 Å². The molecule has 3 aromatic rings. The molecule has 28 heavy (non-hydrogen) atoms. The minimum atomic E-state index is -0.118. The number of nitrogens with one attached hydrogen (secondary N) is 2. The number of amides is 2. The van der Waals surface area contributed by atoms with Crippen molar-refractivity contribution in [2.75, 3.05) is 48.3 Å². The van der Waals surface area contributed by atoms with Crippen molar-refractivity contribution < 1.29 is 9.59 Å². The molecule has 4 rings (SSSR count). The topological polar surface area (TPSA) is 90.5 Å². The molecule has 0 saturated carbocycles. The molecule has 0 aliphatic carbocycles. The highest BCUT2D eigenvalue weighted by molar-refractivity contribution is 7.22. The smallest absolute Gasteiger partial charge is 0.240 e. The zero-order chi connectivity index (χ0) is 19.5. The number of carbonyl (C=O) groups excluding carboxylic acids is 2. The SMILES string of the molecule is CC(=O)Nc1ccc2nc(NC(=O)CN3CCN(c4nccs4)CC3)sc2c1. The average Bonchev–Trinajstić information content (AvgIpc) is 3.31. The van der Waals surface area contributed by atoms with Crippen molar-refractivity contribution in [3.63, 3.8) is 0 Å². The Hall–Kier alpha value is -2.56. The lowest BCUT2D eigenvalue weighted by molar-refractivity contribution is -0.117. The lowest BCUT2D eigenvalue weighted by Gasteiger charge is -2.33. The summed E-state index contributed by atoms with van der Waals surface area (Å²) in [6.45, 7) is 5.21. The molecule has 8 nitrogen and oxygen atoms in total. The second-order valence-electron chi connectivity index (χ2n) is 6.51. The van der Waals surface area contributed by atoms with Crippen LogP contribution in [-0.2, 0) is 9.59 Å². The lowest BCUT2D eigenvalue weighted by Crippen LogP contribution is -2.48. The number of carbonyl (C=O) groups is 2. The van der Waals surface area contributed by atoms with Crippen LogP contribution in [0.4, 0.5) is 16.0 Å². The van der Waals surface area contributed by atoms with Crippen LogP contribution in [0.2, 0.25) is 0 Å². The van der Waals surface area contributed by atoms with Gasteiger partial charge in [0.2, 0.25) is 11.8 Å². The molecule has 146 valence electrons. The van der Waals surface area contributed by atoms with Gasteiger partial charge in [-0.05, 0) is 18.2 Å². The van der Waals surface area contributed by atoms with Gasteiger partial charge in [-0.2, -0.15) is 0 Å². The molecule has 0 bridgehead atoms. The standard InChI is InChI=1S/C18H20N6O2S2/c1-12(25)20-13-2-3-14-15(10-13)28-17(21-14)22-16(26)11-23-5-7-24(8-6-23)18-19-4-9-27-18/h2-4,9-10H,5-8,11H2,1H3,(H,20,25)(H,21,22,26). The summed E-state index contributed by atoms with van der Waals surface area (Å²) in [6.07, 6.45) is 1.82. The van der Waals surface area contributed by atoms with Crippen LogP contribution in [0.1, 0.15) is 6.92 Å². The molecule has 2 amide bonds. The molecule has 0 unspecified atom stereocenters. The molecule has 1 aliphatic heterocycles. The Morgan fingerprint density at radius 2 is 2.00 bits per heavy atom. The molecule has 1 aliphatic rings. The summed E-state index contributed by atoms with van der Waals surface area (Å²) in [5.41, 5.74) is 1.52. The highest BCUT2D eigenvalue weighted by atomic mass is 32.1. The molecule has 2 aromatic heterocycles. The van der Waals surface area contributed by atoms with Crippen molar-refractivity contribution in [1.82, 2.24) is 14.9 Å². The van der Waals surface area contributed by atoms with E-state index in [0.29, 0.717) is 11.7 Å². The van der Waals surface area contributed by atoms with E-state index >= 15 is 0 Å². The lowest BCUT2D eigenvalue weighted by atomic mass is 10.3. The number of piperazine rings is 1. The summed E-state index contributed by atoms with van der Waals surface area (Å²) < 4.78 is 0.915. The van der Waals surface area contributed by atoms with Crippen LogP contribution in [-0.4, -0.2) is 59.4 Å². The third-order valence-electron chi connectivity index (χ3n) is 4.38. The van der Waals surface area contributed by atoms with Crippen LogP contribution >= 0.6 is 22.7 Å². The molecule has 0 spiro atoms. The summed E-state index contributed by atoms with van der Waals surface area (Å²) in [6, 6.07) is 5.50. The minimum absolute atomic E-state index is 0.0659. The Morgan fingerprint density at radius 1 is 1.18 bits per heavy atom. The van der Waals surface area contributed by atoms with Gasteiger partial charge >= 0.3 is 0 Å². The summed E-state index contributed by atoms with van der Waals surface area (Å²) >= 11 is 3.04. The second kappa shape index (κ2) is 8.21. The Kier molecular flexibility index (Phi) is 5.51. The number of fused-ring (bicyclic) bond motifs is 1. The minimum Gasteiger partial charge on any atom is -0.346 e. The number of benzene rings is 1. The summed E-state index contributed by atoms with van der Waals surface area (Å²) in [5, 5.41) is 9.23. The first kappa shape index (κ1) is 18.8. The van der Waals surface area contributed by atoms with Gasteiger partial charge in [0.15, 0.2) is 10.3 Å². The Balaban J connectivity index is 1.32. The first-order valence-electron chi connectivity index (χ1n) is 8.92. The van der Waals surface area contributed by atoms with E-state index in [0.717, 1.165) is 47.2 Å². The van der Waals surface area contributed by atoms with Crippen molar-refractivity contribution in [2.45, 2.75) is 6.92 Å². The van der Waals surface area contributed by atoms with E-state index in [1.807, 2.05) is 23.7 Å². The molecule has 1 saturated heterocycles. The Labute approximate surface area is 170 Å². The number of nitrogens with zero attached hydrogens (tertiary/aromatic N) is 4. The molecule has 3 heterocycles. The van der Waals surface area contributed by atoms with Crippen LogP contribution < -0.4 is 15.5 Å². The van der Waals surface area contributed by atoms with E-state index in [-0.39, 0.29) is 11.8 Å². The monoisotopic (exact) mass is 416 g/mol. The maximum atomic E-state index is 12.4. The van der Waals surface area contributed by atoms with E-state index in [2.05, 4.69) is 30.4 Å². The van der Waals surface area contributed by atoms with Crippen LogP contribution in [0.3, 0.4) is 0 Å². The number of hydrogen-bond donors (Lipinski definition) is 2. The zero-order valence-corrected chi connectivity index (χ0v) is 17.0. The normalized spacial score (nSPS) is 15.0. The third-order valence-corrected chi connectivity index (χ3v) is 6.15. The highest BCUT2D eigenvalue weighted by Gasteiger charge is 2.20. The van der Waals surface area contributed by atoms with Crippen LogP contribution in [0.25, 0.3) is 10.2 Å². The van der Waals surface area contributed by atoms with Gasteiger partial charge in [0.25, 0.3) is 0 Å². The predicted octanol–water partition coefficient (Wildman–Crippen LogP) is 2.47. The number of rotatable bonds is 5. The van der Waals surface area contributed by atoms with Gasteiger partial charge in [-0.15, -0.1) is 11.3 Å².